The number of rotatable bonds is 4. The molecule has 29 heavy (non-hydrogen) atoms. The summed E-state index contributed by atoms with van der Waals surface area (Å²) in [5.41, 5.74) is 2.52. The van der Waals surface area contributed by atoms with Gasteiger partial charge in [0.15, 0.2) is 0 Å². The van der Waals surface area contributed by atoms with Crippen molar-refractivity contribution < 1.29 is 22.5 Å². The van der Waals surface area contributed by atoms with Gasteiger partial charge in [-0.1, -0.05) is 6.07 Å². The van der Waals surface area contributed by atoms with Crippen molar-refractivity contribution in [3.05, 3.63) is 60.1 Å². The van der Waals surface area contributed by atoms with Gasteiger partial charge in [0.1, 0.15) is 17.2 Å². The number of nitrogens with zero attached hydrogens (tertiary/aromatic N) is 1. The quantitative estimate of drug-likeness (QED) is 0.570. The standard InChI is InChI=1S/C19H17BFN3O4S/c21-12-2-1-3-14(8-12)29(26,27)24-13-6-11(7-13)16-9-20(25)28-17-10-23-19-15(18(16)17)4-5-22-19/h1-5,8-11,13,24-25H,6-7H2,(H,22,23)/t11-,13+. The van der Waals surface area contributed by atoms with Crippen molar-refractivity contribution in [1.82, 2.24) is 14.7 Å². The van der Waals surface area contributed by atoms with Gasteiger partial charge in [-0.2, -0.15) is 0 Å². The molecular formula is C19H17BFN3O4S. The Hall–Kier alpha value is -2.69. The second-order valence-electron chi connectivity index (χ2n) is 7.31. The zero-order valence-corrected chi connectivity index (χ0v) is 16.0. The highest BCUT2D eigenvalue weighted by molar-refractivity contribution is 7.89. The Labute approximate surface area is 166 Å². The van der Waals surface area contributed by atoms with Crippen molar-refractivity contribution >= 4 is 33.7 Å². The zero-order chi connectivity index (χ0) is 20.2. The maximum Gasteiger partial charge on any atom is 0.552 e. The smallest absolute Gasteiger partial charge is 0.531 e. The summed E-state index contributed by atoms with van der Waals surface area (Å²) in [5.74, 6) is 1.64. The third-order valence-electron chi connectivity index (χ3n) is 5.42. The summed E-state index contributed by atoms with van der Waals surface area (Å²) < 4.78 is 46.5. The molecule has 3 heterocycles. The Bertz CT molecular complexity index is 1240. The van der Waals surface area contributed by atoms with Crippen LogP contribution in [-0.4, -0.2) is 36.6 Å². The molecule has 1 saturated carbocycles. The van der Waals surface area contributed by atoms with E-state index in [1.54, 1.807) is 18.4 Å². The first kappa shape index (κ1) is 18.4. The first-order chi connectivity index (χ1) is 13.9. The number of allylic oxidation sites excluding steroid dienone is 1. The lowest BCUT2D eigenvalue weighted by Gasteiger charge is -2.39. The molecule has 0 amide bonds. The highest BCUT2D eigenvalue weighted by atomic mass is 32.2. The van der Waals surface area contributed by atoms with Gasteiger partial charge >= 0.3 is 7.12 Å². The lowest BCUT2D eigenvalue weighted by Crippen LogP contribution is -2.45. The predicted molar refractivity (Wildman–Crippen MR) is 106 cm³/mol. The van der Waals surface area contributed by atoms with Crippen molar-refractivity contribution in [2.45, 2.75) is 23.8 Å². The molecule has 0 atom stereocenters. The molecule has 0 saturated heterocycles. The van der Waals surface area contributed by atoms with Crippen LogP contribution in [0.1, 0.15) is 18.4 Å². The van der Waals surface area contributed by atoms with Crippen LogP contribution in [0.5, 0.6) is 5.75 Å². The van der Waals surface area contributed by atoms with E-state index in [0.717, 1.165) is 28.2 Å². The monoisotopic (exact) mass is 413 g/mol. The van der Waals surface area contributed by atoms with Gasteiger partial charge in [0, 0.05) is 23.2 Å². The molecular weight excluding hydrogens is 396 g/mol. The summed E-state index contributed by atoms with van der Waals surface area (Å²) in [5, 5.41) is 11.0. The number of benzene rings is 1. The lowest BCUT2D eigenvalue weighted by atomic mass is 9.68. The number of pyridine rings is 1. The van der Waals surface area contributed by atoms with E-state index in [1.165, 1.54) is 18.2 Å². The van der Waals surface area contributed by atoms with E-state index in [0.29, 0.717) is 18.6 Å². The number of hydrogen-bond acceptors (Lipinski definition) is 5. The van der Waals surface area contributed by atoms with Crippen LogP contribution in [0.2, 0.25) is 0 Å². The van der Waals surface area contributed by atoms with E-state index in [9.17, 15) is 17.8 Å². The Morgan fingerprint density at radius 2 is 2.14 bits per heavy atom. The second-order valence-corrected chi connectivity index (χ2v) is 9.03. The van der Waals surface area contributed by atoms with E-state index in [2.05, 4.69) is 14.7 Å². The number of fused-ring (bicyclic) bond motifs is 3. The van der Waals surface area contributed by atoms with Gasteiger partial charge in [-0.05, 0) is 54.6 Å². The van der Waals surface area contributed by atoms with Crippen molar-refractivity contribution in [2.24, 2.45) is 5.92 Å². The number of nitrogens with one attached hydrogen (secondary N) is 2. The Morgan fingerprint density at radius 3 is 2.93 bits per heavy atom. The molecule has 10 heteroatoms. The van der Waals surface area contributed by atoms with Crippen LogP contribution in [0.4, 0.5) is 4.39 Å². The van der Waals surface area contributed by atoms with E-state index in [1.807, 2.05) is 6.07 Å². The normalized spacial score (nSPS) is 21.3. The number of aromatic amines is 1. The van der Waals surface area contributed by atoms with Crippen molar-refractivity contribution in [3.63, 3.8) is 0 Å². The summed E-state index contributed by atoms with van der Waals surface area (Å²) >= 11 is 0. The summed E-state index contributed by atoms with van der Waals surface area (Å²) in [6.07, 6.45) is 4.51. The second kappa shape index (κ2) is 6.69. The highest BCUT2D eigenvalue weighted by Gasteiger charge is 2.39. The van der Waals surface area contributed by atoms with Gasteiger partial charge in [0.25, 0.3) is 0 Å². The van der Waals surface area contributed by atoms with E-state index >= 15 is 0 Å². The van der Waals surface area contributed by atoms with Gasteiger partial charge in [-0.3, -0.25) is 0 Å². The largest absolute Gasteiger partial charge is 0.552 e. The topological polar surface area (TPSA) is 104 Å². The fourth-order valence-corrected chi connectivity index (χ4v) is 5.30. The highest BCUT2D eigenvalue weighted by Crippen LogP contribution is 2.46. The fourth-order valence-electron chi connectivity index (χ4n) is 4.01. The Balaban J connectivity index is 1.37. The van der Waals surface area contributed by atoms with Gasteiger partial charge in [0.2, 0.25) is 10.0 Å². The molecule has 1 fully saturated rings. The van der Waals surface area contributed by atoms with Gasteiger partial charge in [-0.25, -0.2) is 22.5 Å². The number of H-pyrrole nitrogens is 1. The minimum atomic E-state index is -3.79. The molecule has 0 unspecified atom stereocenters. The SMILES string of the molecule is O=S(=O)(N[C@H]1C[C@@H](C2=CB(O)Oc3cnc4[nH]ccc4c32)C1)c1cccc(F)c1. The molecule has 2 aromatic heterocycles. The maximum atomic E-state index is 13.4. The maximum absolute atomic E-state index is 13.4. The molecule has 0 spiro atoms. The van der Waals surface area contributed by atoms with E-state index in [4.69, 9.17) is 4.65 Å². The molecule has 0 radical (unpaired) electrons. The van der Waals surface area contributed by atoms with Gasteiger partial charge < -0.3 is 14.7 Å². The Morgan fingerprint density at radius 1 is 1.31 bits per heavy atom. The first-order valence-electron chi connectivity index (χ1n) is 9.21. The van der Waals surface area contributed by atoms with Crippen LogP contribution in [-0.2, 0) is 10.0 Å². The van der Waals surface area contributed by atoms with Crippen LogP contribution in [0.15, 0.2) is 53.6 Å². The van der Waals surface area contributed by atoms with Gasteiger partial charge in [0.05, 0.1) is 11.1 Å². The number of halogens is 1. The Kier molecular flexibility index (Phi) is 4.23. The van der Waals surface area contributed by atoms with Crippen LogP contribution in [0, 0.1) is 11.7 Å². The summed E-state index contributed by atoms with van der Waals surface area (Å²) in [4.78, 5) is 7.26. The molecule has 2 aliphatic rings. The van der Waals surface area contributed by atoms with E-state index in [-0.39, 0.29) is 16.9 Å². The molecule has 5 rings (SSSR count). The average molecular weight is 413 g/mol. The molecule has 1 aliphatic heterocycles. The molecule has 0 bridgehead atoms. The molecule has 1 aromatic carbocycles. The molecule has 148 valence electrons. The van der Waals surface area contributed by atoms with Crippen LogP contribution in [0.25, 0.3) is 16.6 Å². The summed E-state index contributed by atoms with van der Waals surface area (Å²) in [6.45, 7) is 0. The third kappa shape index (κ3) is 3.23. The number of hydrogen-bond donors (Lipinski definition) is 3. The molecule has 3 N–H and O–H groups in total. The summed E-state index contributed by atoms with van der Waals surface area (Å²) in [6, 6.07) is 6.58. The predicted octanol–water partition coefficient (Wildman–Crippen LogP) is 2.25. The van der Waals surface area contributed by atoms with E-state index < -0.39 is 23.0 Å². The first-order valence-corrected chi connectivity index (χ1v) is 10.7. The minimum Gasteiger partial charge on any atom is -0.531 e. The van der Waals surface area contributed by atoms with Crippen molar-refractivity contribution in [3.8, 4) is 5.75 Å². The molecule has 7 nitrogen and oxygen atoms in total. The van der Waals surface area contributed by atoms with Gasteiger partial charge in [-0.15, -0.1) is 0 Å². The minimum absolute atomic E-state index is 0.0630. The van der Waals surface area contributed by atoms with Crippen LogP contribution < -0.4 is 9.38 Å². The number of aromatic nitrogens is 2. The number of sulfonamides is 1. The van der Waals surface area contributed by atoms with Crippen molar-refractivity contribution in [2.75, 3.05) is 0 Å². The third-order valence-corrected chi connectivity index (χ3v) is 6.93. The fraction of sp³-hybridized carbons (Fsp3) is 0.211. The summed E-state index contributed by atoms with van der Waals surface area (Å²) in [7, 11) is -4.86. The van der Waals surface area contributed by atoms with Crippen LogP contribution in [0.3, 0.4) is 0 Å². The molecule has 1 aliphatic carbocycles. The van der Waals surface area contributed by atoms with Crippen molar-refractivity contribution in [1.29, 1.82) is 0 Å². The van der Waals surface area contributed by atoms with Crippen LogP contribution >= 0.6 is 0 Å². The molecule has 3 aromatic rings. The average Bonchev–Trinajstić information content (AvgIpc) is 3.12. The zero-order valence-electron chi connectivity index (χ0n) is 15.2. The lowest BCUT2D eigenvalue weighted by molar-refractivity contribution is 0.308.